The van der Waals surface area contributed by atoms with Crippen LogP contribution in [0, 0.1) is 0 Å². The molecule has 1 rings (SSSR count). The molecule has 0 aromatic heterocycles. The number of carbonyl (C=O) groups excluding carboxylic acids is 2. The van der Waals surface area contributed by atoms with E-state index in [1.54, 1.807) is 16.8 Å². The van der Waals surface area contributed by atoms with Gasteiger partial charge < -0.3 is 19.9 Å². The van der Waals surface area contributed by atoms with Gasteiger partial charge in [-0.2, -0.15) is 0 Å². The molecule has 17 heavy (non-hydrogen) atoms. The number of amides is 3. The van der Waals surface area contributed by atoms with E-state index >= 15 is 0 Å². The van der Waals surface area contributed by atoms with E-state index in [1.165, 1.54) is 0 Å². The van der Waals surface area contributed by atoms with Crippen molar-refractivity contribution in [3.8, 4) is 0 Å². The summed E-state index contributed by atoms with van der Waals surface area (Å²) in [4.78, 5) is 26.5. The number of nitrogens with zero attached hydrogens (tertiary/aromatic N) is 2. The fourth-order valence-corrected chi connectivity index (χ4v) is 1.53. The summed E-state index contributed by atoms with van der Waals surface area (Å²) in [6.07, 6.45) is 0.350. The highest BCUT2D eigenvalue weighted by Crippen LogP contribution is 1.99. The average Bonchev–Trinajstić information content (AvgIpc) is 2.38. The maximum Gasteiger partial charge on any atom is 0.317 e. The lowest BCUT2D eigenvalue weighted by Gasteiger charge is -2.27. The summed E-state index contributed by atoms with van der Waals surface area (Å²) >= 11 is 0. The number of nitrogens with one attached hydrogen (secondary N) is 1. The Bertz CT molecular complexity index is 265. The van der Waals surface area contributed by atoms with Crippen LogP contribution in [0.3, 0.4) is 0 Å². The zero-order valence-electron chi connectivity index (χ0n) is 10.6. The third-order valence-electron chi connectivity index (χ3n) is 2.80. The molecular formula is C11H21N3O3. The van der Waals surface area contributed by atoms with Gasteiger partial charge in [0.1, 0.15) is 0 Å². The van der Waals surface area contributed by atoms with Crippen molar-refractivity contribution in [1.29, 1.82) is 0 Å². The topological polar surface area (TPSA) is 61.9 Å². The van der Waals surface area contributed by atoms with Crippen LogP contribution in [0.1, 0.15) is 13.3 Å². The normalized spacial score (nSPS) is 15.5. The van der Waals surface area contributed by atoms with Crippen LogP contribution in [0.25, 0.3) is 0 Å². The van der Waals surface area contributed by atoms with Gasteiger partial charge in [-0.05, 0) is 6.92 Å². The predicted octanol–water partition coefficient (Wildman–Crippen LogP) is -0.103. The maximum absolute atomic E-state index is 11.7. The quantitative estimate of drug-likeness (QED) is 0.750. The summed E-state index contributed by atoms with van der Waals surface area (Å²) in [6, 6.07) is -0.137. The molecule has 1 aliphatic heterocycles. The highest BCUT2D eigenvalue weighted by Gasteiger charge is 2.16. The zero-order valence-corrected chi connectivity index (χ0v) is 10.6. The van der Waals surface area contributed by atoms with Gasteiger partial charge in [-0.3, -0.25) is 4.79 Å². The molecule has 1 fully saturated rings. The standard InChI is InChI=1S/C11H21N3O3/c1-3-13(2)11(16)12-5-4-10(15)14-6-8-17-9-7-14/h3-9H2,1-2H3,(H,12,16). The molecule has 0 bridgehead atoms. The number of urea groups is 1. The fraction of sp³-hybridized carbons (Fsp3) is 0.818. The molecule has 1 saturated heterocycles. The molecule has 0 aromatic rings. The average molecular weight is 243 g/mol. The largest absolute Gasteiger partial charge is 0.378 e. The first-order chi connectivity index (χ1) is 8.15. The van der Waals surface area contributed by atoms with Crippen molar-refractivity contribution < 1.29 is 14.3 Å². The van der Waals surface area contributed by atoms with Crippen molar-refractivity contribution >= 4 is 11.9 Å². The van der Waals surface area contributed by atoms with Crippen molar-refractivity contribution in [3.05, 3.63) is 0 Å². The Kier molecular flexibility index (Phi) is 5.76. The summed E-state index contributed by atoms with van der Waals surface area (Å²) < 4.78 is 5.17. The molecule has 0 spiro atoms. The summed E-state index contributed by atoms with van der Waals surface area (Å²) in [7, 11) is 1.72. The molecule has 1 heterocycles. The lowest BCUT2D eigenvalue weighted by Crippen LogP contribution is -2.43. The SMILES string of the molecule is CCN(C)C(=O)NCCC(=O)N1CCOCC1. The molecule has 3 amide bonds. The minimum absolute atomic E-state index is 0.0766. The molecular weight excluding hydrogens is 222 g/mol. The second kappa shape index (κ2) is 7.11. The number of morpholine rings is 1. The summed E-state index contributed by atoms with van der Waals surface area (Å²) in [5, 5.41) is 2.71. The highest BCUT2D eigenvalue weighted by molar-refractivity contribution is 5.78. The molecule has 98 valence electrons. The van der Waals surface area contributed by atoms with Crippen LogP contribution in [0.15, 0.2) is 0 Å². The van der Waals surface area contributed by atoms with Gasteiger partial charge in [0.15, 0.2) is 0 Å². The van der Waals surface area contributed by atoms with Crippen molar-refractivity contribution in [2.45, 2.75) is 13.3 Å². The molecule has 0 saturated carbocycles. The highest BCUT2D eigenvalue weighted by atomic mass is 16.5. The Morgan fingerprint density at radius 2 is 2.00 bits per heavy atom. The van der Waals surface area contributed by atoms with Gasteiger partial charge >= 0.3 is 6.03 Å². The molecule has 6 nitrogen and oxygen atoms in total. The first kappa shape index (κ1) is 13.8. The summed E-state index contributed by atoms with van der Waals surface area (Å²) in [5.41, 5.74) is 0. The zero-order chi connectivity index (χ0) is 12.7. The van der Waals surface area contributed by atoms with Gasteiger partial charge in [-0.15, -0.1) is 0 Å². The van der Waals surface area contributed by atoms with E-state index in [9.17, 15) is 9.59 Å². The lowest BCUT2D eigenvalue weighted by atomic mass is 10.3. The Balaban J connectivity index is 2.17. The van der Waals surface area contributed by atoms with Gasteiger partial charge in [0.25, 0.3) is 0 Å². The Hall–Kier alpha value is -1.30. The molecule has 0 unspecified atom stereocenters. The third kappa shape index (κ3) is 4.60. The van der Waals surface area contributed by atoms with Gasteiger partial charge in [0.05, 0.1) is 13.2 Å². The van der Waals surface area contributed by atoms with Crippen LogP contribution in [0.2, 0.25) is 0 Å². The second-order valence-electron chi connectivity index (χ2n) is 3.99. The molecule has 1 N–H and O–H groups in total. The molecule has 0 aliphatic carbocycles. The first-order valence-electron chi connectivity index (χ1n) is 5.99. The van der Waals surface area contributed by atoms with Crippen molar-refractivity contribution in [2.24, 2.45) is 0 Å². The molecule has 1 aliphatic rings. The number of hydrogen-bond donors (Lipinski definition) is 1. The molecule has 0 aromatic carbocycles. The van der Waals surface area contributed by atoms with Gasteiger partial charge in [-0.1, -0.05) is 0 Å². The Labute approximate surface area is 102 Å². The third-order valence-corrected chi connectivity index (χ3v) is 2.80. The van der Waals surface area contributed by atoms with Crippen LogP contribution in [0.4, 0.5) is 4.79 Å². The number of hydrogen-bond acceptors (Lipinski definition) is 3. The minimum atomic E-state index is -0.137. The van der Waals surface area contributed by atoms with Crippen LogP contribution >= 0.6 is 0 Å². The Morgan fingerprint density at radius 1 is 1.35 bits per heavy atom. The van der Waals surface area contributed by atoms with E-state index in [1.807, 2.05) is 6.92 Å². The number of rotatable bonds is 4. The van der Waals surface area contributed by atoms with Gasteiger partial charge in [0, 0.05) is 39.6 Å². The summed E-state index contributed by atoms with van der Waals surface area (Å²) in [6.45, 7) is 5.47. The second-order valence-corrected chi connectivity index (χ2v) is 3.99. The summed E-state index contributed by atoms with van der Waals surface area (Å²) in [5.74, 6) is 0.0766. The van der Waals surface area contributed by atoms with Crippen molar-refractivity contribution in [2.75, 3.05) is 46.4 Å². The monoisotopic (exact) mass is 243 g/mol. The fourth-order valence-electron chi connectivity index (χ4n) is 1.53. The smallest absolute Gasteiger partial charge is 0.317 e. The van der Waals surface area contributed by atoms with E-state index < -0.39 is 0 Å². The Morgan fingerprint density at radius 3 is 2.59 bits per heavy atom. The lowest BCUT2D eigenvalue weighted by molar-refractivity contribution is -0.135. The van der Waals surface area contributed by atoms with E-state index in [-0.39, 0.29) is 11.9 Å². The van der Waals surface area contributed by atoms with Crippen LogP contribution in [0.5, 0.6) is 0 Å². The number of carbonyl (C=O) groups is 2. The van der Waals surface area contributed by atoms with Crippen molar-refractivity contribution in [3.63, 3.8) is 0 Å². The van der Waals surface area contributed by atoms with E-state index in [0.29, 0.717) is 45.8 Å². The van der Waals surface area contributed by atoms with E-state index in [4.69, 9.17) is 4.74 Å². The van der Waals surface area contributed by atoms with Crippen LogP contribution in [-0.4, -0.2) is 68.2 Å². The first-order valence-corrected chi connectivity index (χ1v) is 5.99. The molecule has 0 atom stereocenters. The van der Waals surface area contributed by atoms with E-state index in [0.717, 1.165) is 0 Å². The van der Waals surface area contributed by atoms with Gasteiger partial charge in [-0.25, -0.2) is 4.79 Å². The van der Waals surface area contributed by atoms with Crippen molar-refractivity contribution in [1.82, 2.24) is 15.1 Å². The molecule has 6 heteroatoms. The molecule has 0 radical (unpaired) electrons. The minimum Gasteiger partial charge on any atom is -0.378 e. The van der Waals surface area contributed by atoms with E-state index in [2.05, 4.69) is 5.32 Å². The van der Waals surface area contributed by atoms with Gasteiger partial charge in [0.2, 0.25) is 5.91 Å². The maximum atomic E-state index is 11.7. The van der Waals surface area contributed by atoms with Crippen LogP contribution in [-0.2, 0) is 9.53 Å². The number of ether oxygens (including phenoxy) is 1. The van der Waals surface area contributed by atoms with Crippen LogP contribution < -0.4 is 5.32 Å². The predicted molar refractivity (Wildman–Crippen MR) is 63.7 cm³/mol.